The van der Waals surface area contributed by atoms with Crippen molar-refractivity contribution in [2.75, 3.05) is 33.0 Å². The molecule has 28 heavy (non-hydrogen) atoms. The van der Waals surface area contributed by atoms with E-state index in [0.29, 0.717) is 50.9 Å². The highest BCUT2D eigenvalue weighted by Gasteiger charge is 2.32. The molecule has 0 aromatic carbocycles. The predicted molar refractivity (Wildman–Crippen MR) is 93.1 cm³/mol. The summed E-state index contributed by atoms with van der Waals surface area (Å²) >= 11 is 0. The first kappa shape index (κ1) is 21.7. The monoisotopic (exact) mass is 396 g/mol. The molecule has 0 aliphatic carbocycles. The summed E-state index contributed by atoms with van der Waals surface area (Å²) in [7, 11) is 0. The molecule has 2 heterocycles. The first-order chi connectivity index (χ1) is 13.5. The van der Waals surface area contributed by atoms with Crippen LogP contribution in [0.2, 0.25) is 0 Å². The van der Waals surface area contributed by atoms with E-state index < -0.39 is 17.8 Å². The summed E-state index contributed by atoms with van der Waals surface area (Å²) < 4.78 is 10.7. The summed E-state index contributed by atoms with van der Waals surface area (Å²) in [4.78, 5) is 62.8. The molecule has 0 unspecified atom stereocenters. The minimum absolute atomic E-state index is 0.0424. The Morgan fingerprint density at radius 3 is 2.00 bits per heavy atom. The highest BCUT2D eigenvalue weighted by Crippen LogP contribution is 2.13. The van der Waals surface area contributed by atoms with Gasteiger partial charge in [-0.15, -0.1) is 5.06 Å². The standard InChI is InChI=1S/C18H24N2O8/c21-14-5-6-15(22)19(14)9-1-2-10-26-12-13-27-11-3-4-18(25)28-20-16(23)7-8-17(20)24/h5-6H,1-4,7-13H2. The van der Waals surface area contributed by atoms with Crippen LogP contribution in [0.15, 0.2) is 12.2 Å². The molecule has 0 aromatic rings. The molecule has 0 spiro atoms. The van der Waals surface area contributed by atoms with E-state index in [9.17, 15) is 24.0 Å². The van der Waals surface area contributed by atoms with Crippen molar-refractivity contribution < 1.29 is 38.3 Å². The van der Waals surface area contributed by atoms with Crippen molar-refractivity contribution in [2.45, 2.75) is 38.5 Å². The van der Waals surface area contributed by atoms with Gasteiger partial charge in [0, 0.05) is 44.8 Å². The molecular weight excluding hydrogens is 372 g/mol. The lowest BCUT2D eigenvalue weighted by Crippen LogP contribution is -2.32. The molecule has 0 aromatic heterocycles. The van der Waals surface area contributed by atoms with Crippen LogP contribution >= 0.6 is 0 Å². The van der Waals surface area contributed by atoms with Crippen molar-refractivity contribution in [1.82, 2.24) is 9.96 Å². The van der Waals surface area contributed by atoms with Crippen molar-refractivity contribution >= 4 is 29.6 Å². The van der Waals surface area contributed by atoms with Crippen molar-refractivity contribution in [3.63, 3.8) is 0 Å². The molecule has 0 radical (unpaired) electrons. The molecule has 10 nitrogen and oxygen atoms in total. The molecule has 0 atom stereocenters. The molecule has 4 amide bonds. The lowest BCUT2D eigenvalue weighted by Gasteiger charge is -2.13. The molecule has 0 saturated carbocycles. The topological polar surface area (TPSA) is 120 Å². The quantitative estimate of drug-likeness (QED) is 0.318. The van der Waals surface area contributed by atoms with Crippen LogP contribution in [-0.4, -0.2) is 72.5 Å². The SMILES string of the molecule is O=C(CCCOCCOCCCCN1C(=O)C=CC1=O)ON1C(=O)CCC1=O. The highest BCUT2D eigenvalue weighted by molar-refractivity contribution is 6.12. The fourth-order valence-corrected chi connectivity index (χ4v) is 2.57. The van der Waals surface area contributed by atoms with Gasteiger partial charge in [0.2, 0.25) is 0 Å². The second kappa shape index (κ2) is 11.3. The fraction of sp³-hybridized carbons (Fsp3) is 0.611. The van der Waals surface area contributed by atoms with Crippen LogP contribution in [0, 0.1) is 0 Å². The van der Waals surface area contributed by atoms with Crippen molar-refractivity contribution in [1.29, 1.82) is 0 Å². The zero-order valence-electron chi connectivity index (χ0n) is 15.6. The number of carbonyl (C=O) groups is 5. The van der Waals surface area contributed by atoms with E-state index in [1.54, 1.807) is 0 Å². The van der Waals surface area contributed by atoms with Gasteiger partial charge in [-0.3, -0.25) is 24.1 Å². The Kier molecular flexibility index (Phi) is 8.76. The molecule has 10 heteroatoms. The van der Waals surface area contributed by atoms with Crippen LogP contribution < -0.4 is 0 Å². The van der Waals surface area contributed by atoms with Gasteiger partial charge in [-0.25, -0.2) is 4.79 Å². The Bertz CT molecular complexity index is 611. The third-order valence-electron chi connectivity index (χ3n) is 4.06. The maximum Gasteiger partial charge on any atom is 0.333 e. The molecular formula is C18H24N2O8. The van der Waals surface area contributed by atoms with E-state index in [1.807, 2.05) is 0 Å². The zero-order chi connectivity index (χ0) is 20.4. The highest BCUT2D eigenvalue weighted by atomic mass is 16.7. The first-order valence-electron chi connectivity index (χ1n) is 9.24. The number of nitrogens with zero attached hydrogens (tertiary/aromatic N) is 2. The number of unbranched alkanes of at least 4 members (excludes halogenated alkanes) is 1. The Morgan fingerprint density at radius 2 is 1.39 bits per heavy atom. The maximum atomic E-state index is 11.6. The number of rotatable bonds is 13. The molecule has 0 bridgehead atoms. The van der Waals surface area contributed by atoms with Crippen LogP contribution in [-0.2, 0) is 38.3 Å². The smallest absolute Gasteiger partial charge is 0.333 e. The first-order valence-corrected chi connectivity index (χ1v) is 9.24. The van der Waals surface area contributed by atoms with Gasteiger partial charge >= 0.3 is 5.97 Å². The van der Waals surface area contributed by atoms with Crippen LogP contribution in [0.1, 0.15) is 38.5 Å². The van der Waals surface area contributed by atoms with E-state index in [0.717, 1.165) is 6.42 Å². The molecule has 1 saturated heterocycles. The summed E-state index contributed by atoms with van der Waals surface area (Å²) in [6.07, 6.45) is 4.51. The van der Waals surface area contributed by atoms with Crippen molar-refractivity contribution in [2.24, 2.45) is 0 Å². The zero-order valence-corrected chi connectivity index (χ0v) is 15.6. The molecule has 2 rings (SSSR count). The molecule has 2 aliphatic heterocycles. The number of amides is 4. The Balaban J connectivity index is 1.37. The van der Waals surface area contributed by atoms with E-state index in [4.69, 9.17) is 14.3 Å². The summed E-state index contributed by atoms with van der Waals surface area (Å²) in [6, 6.07) is 0. The van der Waals surface area contributed by atoms with Gasteiger partial charge in [-0.1, -0.05) is 0 Å². The Hall–Kier alpha value is -2.59. The van der Waals surface area contributed by atoms with Gasteiger partial charge in [-0.2, -0.15) is 0 Å². The van der Waals surface area contributed by atoms with Crippen LogP contribution in [0.4, 0.5) is 0 Å². The van der Waals surface area contributed by atoms with Gasteiger partial charge in [0.25, 0.3) is 23.6 Å². The number of hydrogen-bond donors (Lipinski definition) is 0. The predicted octanol–water partition coefficient (Wildman–Crippen LogP) is 0.112. The molecule has 2 aliphatic rings. The lowest BCUT2D eigenvalue weighted by atomic mass is 10.3. The number of imide groups is 2. The number of carbonyl (C=O) groups excluding carboxylic acids is 5. The largest absolute Gasteiger partial charge is 0.379 e. The van der Waals surface area contributed by atoms with E-state index >= 15 is 0 Å². The maximum absolute atomic E-state index is 11.6. The average molecular weight is 396 g/mol. The minimum atomic E-state index is -0.645. The van der Waals surface area contributed by atoms with E-state index in [-0.39, 0.29) is 31.1 Å². The number of hydroxylamine groups is 2. The second-order valence-corrected chi connectivity index (χ2v) is 6.24. The minimum Gasteiger partial charge on any atom is -0.379 e. The van der Waals surface area contributed by atoms with Gasteiger partial charge in [0.05, 0.1) is 19.6 Å². The van der Waals surface area contributed by atoms with Gasteiger partial charge < -0.3 is 14.3 Å². The van der Waals surface area contributed by atoms with Gasteiger partial charge in [0.1, 0.15) is 0 Å². The van der Waals surface area contributed by atoms with Crippen LogP contribution in [0.3, 0.4) is 0 Å². The van der Waals surface area contributed by atoms with Crippen LogP contribution in [0.25, 0.3) is 0 Å². The summed E-state index contributed by atoms with van der Waals surface area (Å²) in [5.41, 5.74) is 0. The summed E-state index contributed by atoms with van der Waals surface area (Å²) in [5.74, 6) is -2.19. The third kappa shape index (κ3) is 6.86. The van der Waals surface area contributed by atoms with Gasteiger partial charge in [0.15, 0.2) is 0 Å². The van der Waals surface area contributed by atoms with Crippen LogP contribution in [0.5, 0.6) is 0 Å². The summed E-state index contributed by atoms with van der Waals surface area (Å²) in [6.45, 7) is 1.97. The number of hydrogen-bond acceptors (Lipinski definition) is 8. The normalized spacial score (nSPS) is 16.6. The van der Waals surface area contributed by atoms with E-state index in [2.05, 4.69) is 0 Å². The molecule has 154 valence electrons. The van der Waals surface area contributed by atoms with Gasteiger partial charge in [-0.05, 0) is 19.3 Å². The Labute approximate surface area is 162 Å². The third-order valence-corrected chi connectivity index (χ3v) is 4.06. The Morgan fingerprint density at radius 1 is 0.821 bits per heavy atom. The van der Waals surface area contributed by atoms with Crippen molar-refractivity contribution in [3.05, 3.63) is 12.2 Å². The lowest BCUT2D eigenvalue weighted by molar-refractivity contribution is -0.197. The molecule has 0 N–H and O–H groups in total. The fourth-order valence-electron chi connectivity index (χ4n) is 2.57. The number of ether oxygens (including phenoxy) is 2. The molecule has 1 fully saturated rings. The van der Waals surface area contributed by atoms with E-state index in [1.165, 1.54) is 17.1 Å². The average Bonchev–Trinajstić information content (AvgIpc) is 3.15. The summed E-state index contributed by atoms with van der Waals surface area (Å²) in [5, 5.41) is 0.531. The second-order valence-electron chi connectivity index (χ2n) is 6.24. The van der Waals surface area contributed by atoms with Crippen molar-refractivity contribution in [3.8, 4) is 0 Å².